The minimum atomic E-state index is -0.579. The zero-order chi connectivity index (χ0) is 20.3. The van der Waals surface area contributed by atoms with E-state index in [1.807, 2.05) is 56.3 Å². The molecule has 1 heterocycles. The highest BCUT2D eigenvalue weighted by atomic mass is 79.9. The second kappa shape index (κ2) is 8.56. The van der Waals surface area contributed by atoms with Crippen molar-refractivity contribution in [2.75, 3.05) is 23.4 Å². The van der Waals surface area contributed by atoms with Gasteiger partial charge in [0, 0.05) is 28.8 Å². The molecule has 146 valence electrons. The van der Waals surface area contributed by atoms with Crippen LogP contribution in [0, 0.1) is 19.8 Å². The lowest BCUT2D eigenvalue weighted by Crippen LogP contribution is -2.28. The zero-order valence-corrected chi connectivity index (χ0v) is 17.3. The lowest BCUT2D eigenvalue weighted by molar-refractivity contribution is -0.151. The Hall–Kier alpha value is -2.67. The first-order valence-corrected chi connectivity index (χ1v) is 9.72. The Morgan fingerprint density at radius 3 is 2.61 bits per heavy atom. The van der Waals surface area contributed by atoms with Crippen LogP contribution in [0.5, 0.6) is 0 Å². The van der Waals surface area contributed by atoms with Crippen LogP contribution in [0.15, 0.2) is 46.9 Å². The molecule has 0 unspecified atom stereocenters. The Morgan fingerprint density at radius 1 is 1.18 bits per heavy atom. The molecule has 1 saturated heterocycles. The highest BCUT2D eigenvalue weighted by Gasteiger charge is 2.36. The highest BCUT2D eigenvalue weighted by Crippen LogP contribution is 2.27. The fraction of sp³-hybridized carbons (Fsp3) is 0.286. The van der Waals surface area contributed by atoms with Crippen LogP contribution in [0.4, 0.5) is 11.4 Å². The van der Waals surface area contributed by atoms with Gasteiger partial charge in [-0.2, -0.15) is 0 Å². The van der Waals surface area contributed by atoms with E-state index in [2.05, 4.69) is 21.2 Å². The van der Waals surface area contributed by atoms with Gasteiger partial charge >= 0.3 is 5.97 Å². The first-order chi connectivity index (χ1) is 13.3. The second-order valence-electron chi connectivity index (χ2n) is 6.86. The van der Waals surface area contributed by atoms with Crippen molar-refractivity contribution in [3.05, 3.63) is 58.1 Å². The van der Waals surface area contributed by atoms with Crippen molar-refractivity contribution in [1.82, 2.24) is 0 Å². The first-order valence-electron chi connectivity index (χ1n) is 8.93. The van der Waals surface area contributed by atoms with Crippen LogP contribution in [-0.2, 0) is 19.1 Å². The summed E-state index contributed by atoms with van der Waals surface area (Å²) in [5.41, 5.74) is 3.38. The molecule has 2 aromatic rings. The molecule has 28 heavy (non-hydrogen) atoms. The van der Waals surface area contributed by atoms with E-state index in [0.717, 1.165) is 21.3 Å². The minimum Gasteiger partial charge on any atom is -0.455 e. The van der Waals surface area contributed by atoms with Crippen molar-refractivity contribution in [2.45, 2.75) is 20.3 Å². The predicted molar refractivity (Wildman–Crippen MR) is 110 cm³/mol. The number of amides is 2. The fourth-order valence-corrected chi connectivity index (χ4v) is 3.31. The van der Waals surface area contributed by atoms with Crippen molar-refractivity contribution in [3.63, 3.8) is 0 Å². The molecular formula is C21H21BrN2O4. The van der Waals surface area contributed by atoms with Crippen molar-refractivity contribution in [1.29, 1.82) is 0 Å². The molecule has 2 amide bonds. The number of carbonyl (C=O) groups is 3. The Balaban J connectivity index is 1.53. The molecule has 1 N–H and O–H groups in total. The van der Waals surface area contributed by atoms with Crippen molar-refractivity contribution in [3.8, 4) is 0 Å². The summed E-state index contributed by atoms with van der Waals surface area (Å²) < 4.78 is 6.06. The third kappa shape index (κ3) is 4.78. The number of esters is 1. The van der Waals surface area contributed by atoms with Gasteiger partial charge < -0.3 is 15.0 Å². The topological polar surface area (TPSA) is 75.7 Å². The largest absolute Gasteiger partial charge is 0.455 e. The van der Waals surface area contributed by atoms with Crippen molar-refractivity contribution < 1.29 is 19.1 Å². The molecule has 0 spiro atoms. The Kier molecular flexibility index (Phi) is 6.14. The molecule has 1 aliphatic rings. The van der Waals surface area contributed by atoms with E-state index in [0.29, 0.717) is 5.69 Å². The van der Waals surface area contributed by atoms with Gasteiger partial charge in [-0.05, 0) is 55.3 Å². The number of ether oxygens (including phenoxy) is 1. The van der Waals surface area contributed by atoms with Gasteiger partial charge in [0.05, 0.1) is 5.92 Å². The number of hydrogen-bond acceptors (Lipinski definition) is 4. The van der Waals surface area contributed by atoms with Crippen LogP contribution in [0.2, 0.25) is 0 Å². The average molecular weight is 445 g/mol. The van der Waals surface area contributed by atoms with Crippen LogP contribution < -0.4 is 10.2 Å². The van der Waals surface area contributed by atoms with E-state index in [4.69, 9.17) is 4.74 Å². The number of carbonyl (C=O) groups excluding carboxylic acids is 3. The van der Waals surface area contributed by atoms with Crippen LogP contribution in [0.1, 0.15) is 17.5 Å². The van der Waals surface area contributed by atoms with Crippen molar-refractivity contribution >= 4 is 45.1 Å². The zero-order valence-electron chi connectivity index (χ0n) is 15.7. The average Bonchev–Trinajstić information content (AvgIpc) is 3.05. The molecule has 1 atom stereocenters. The molecular weight excluding hydrogens is 424 g/mol. The molecule has 0 saturated carbocycles. The maximum Gasteiger partial charge on any atom is 0.311 e. The van der Waals surface area contributed by atoms with Gasteiger partial charge in [0.2, 0.25) is 5.91 Å². The summed E-state index contributed by atoms with van der Waals surface area (Å²) in [4.78, 5) is 38.2. The van der Waals surface area contributed by atoms with Crippen LogP contribution in [0.25, 0.3) is 0 Å². The smallest absolute Gasteiger partial charge is 0.311 e. The predicted octanol–water partition coefficient (Wildman–Crippen LogP) is 3.60. The third-order valence-electron chi connectivity index (χ3n) is 4.61. The summed E-state index contributed by atoms with van der Waals surface area (Å²) in [6.45, 7) is 3.69. The maximum atomic E-state index is 12.3. The Bertz CT molecular complexity index is 911. The number of anilines is 2. The summed E-state index contributed by atoms with van der Waals surface area (Å²) in [5, 5.41) is 2.75. The van der Waals surface area contributed by atoms with Gasteiger partial charge in [0.15, 0.2) is 6.61 Å². The van der Waals surface area contributed by atoms with E-state index in [1.54, 1.807) is 4.90 Å². The highest BCUT2D eigenvalue weighted by molar-refractivity contribution is 9.10. The number of nitrogens with zero attached hydrogens (tertiary/aromatic N) is 1. The molecule has 0 radical (unpaired) electrons. The summed E-state index contributed by atoms with van der Waals surface area (Å²) in [6.07, 6.45) is 0.0769. The van der Waals surface area contributed by atoms with E-state index < -0.39 is 17.8 Å². The molecule has 0 aromatic heterocycles. The van der Waals surface area contributed by atoms with Crippen molar-refractivity contribution in [2.24, 2.45) is 5.92 Å². The molecule has 1 aliphatic heterocycles. The first kappa shape index (κ1) is 20.1. The van der Waals surface area contributed by atoms with Gasteiger partial charge in [-0.1, -0.05) is 28.1 Å². The molecule has 6 nitrogen and oxygen atoms in total. The van der Waals surface area contributed by atoms with Crippen LogP contribution in [0.3, 0.4) is 0 Å². The number of aryl methyl sites for hydroxylation is 2. The third-order valence-corrected chi connectivity index (χ3v) is 5.14. The lowest BCUT2D eigenvalue weighted by Gasteiger charge is -2.16. The monoisotopic (exact) mass is 444 g/mol. The van der Waals surface area contributed by atoms with Crippen LogP contribution in [-0.4, -0.2) is 30.9 Å². The van der Waals surface area contributed by atoms with E-state index in [-0.39, 0.29) is 25.5 Å². The quantitative estimate of drug-likeness (QED) is 0.714. The normalized spacial score (nSPS) is 16.2. The number of rotatable bonds is 5. The Morgan fingerprint density at radius 2 is 1.89 bits per heavy atom. The lowest BCUT2D eigenvalue weighted by atomic mass is 10.1. The summed E-state index contributed by atoms with van der Waals surface area (Å²) in [5.74, 6) is -1.66. The summed E-state index contributed by atoms with van der Waals surface area (Å²) in [7, 11) is 0. The molecule has 1 fully saturated rings. The molecule has 0 aliphatic carbocycles. The van der Waals surface area contributed by atoms with E-state index >= 15 is 0 Å². The number of benzene rings is 2. The van der Waals surface area contributed by atoms with Gasteiger partial charge in [0.25, 0.3) is 5.91 Å². The van der Waals surface area contributed by atoms with E-state index in [9.17, 15) is 14.4 Å². The number of halogens is 1. The van der Waals surface area contributed by atoms with Gasteiger partial charge in [-0.3, -0.25) is 14.4 Å². The van der Waals surface area contributed by atoms with Crippen LogP contribution >= 0.6 is 15.9 Å². The molecule has 7 heteroatoms. The Labute approximate surface area is 172 Å². The number of nitrogens with one attached hydrogen (secondary N) is 1. The second-order valence-corrected chi connectivity index (χ2v) is 7.77. The molecule has 2 aromatic carbocycles. The molecule has 3 rings (SSSR count). The van der Waals surface area contributed by atoms with Gasteiger partial charge in [0.1, 0.15) is 0 Å². The van der Waals surface area contributed by atoms with Gasteiger partial charge in [-0.15, -0.1) is 0 Å². The fourth-order valence-electron chi connectivity index (χ4n) is 3.05. The SMILES string of the molecule is Cc1ccc(C)c(NC(=O)COC(=O)[C@@H]2CC(=O)N(c3ccc(Br)cc3)C2)c1. The number of hydrogen-bond donors (Lipinski definition) is 1. The summed E-state index contributed by atoms with van der Waals surface area (Å²) >= 11 is 3.35. The van der Waals surface area contributed by atoms with Gasteiger partial charge in [-0.25, -0.2) is 0 Å². The summed E-state index contributed by atoms with van der Waals surface area (Å²) in [6, 6.07) is 13.0. The van der Waals surface area contributed by atoms with E-state index in [1.165, 1.54) is 0 Å². The standard InChI is InChI=1S/C21H21BrN2O4/c1-13-3-4-14(2)18(9-13)23-19(25)12-28-21(27)15-10-20(26)24(11-15)17-7-5-16(22)6-8-17/h3-9,15H,10-12H2,1-2H3,(H,23,25)/t15-/m1/s1. The minimum absolute atomic E-state index is 0.0769. The maximum absolute atomic E-state index is 12.3. The molecule has 0 bridgehead atoms.